The van der Waals surface area contributed by atoms with E-state index in [1.54, 1.807) is 13.0 Å². The van der Waals surface area contributed by atoms with Gasteiger partial charge in [0.2, 0.25) is 0 Å². The number of rotatable bonds is 6. The molecule has 6 heteroatoms. The Labute approximate surface area is 191 Å². The molecule has 0 saturated carbocycles. The Balaban J connectivity index is 1.59. The van der Waals surface area contributed by atoms with Crippen molar-refractivity contribution in [2.75, 3.05) is 29.9 Å². The summed E-state index contributed by atoms with van der Waals surface area (Å²) in [5.41, 5.74) is 4.62. The SMILES string of the molecule is CCOC(=O)c1cccc(NC(=S)N[C@H](C)c2ccc(N3CCC(C)CC3)cc2)c1C. The molecule has 5 nitrogen and oxygen atoms in total. The smallest absolute Gasteiger partial charge is 0.338 e. The summed E-state index contributed by atoms with van der Waals surface area (Å²) in [5.74, 6) is 0.508. The number of piperidine rings is 1. The third kappa shape index (κ3) is 5.97. The summed E-state index contributed by atoms with van der Waals surface area (Å²) in [6.07, 6.45) is 2.52. The molecule has 1 aliphatic heterocycles. The first-order valence-electron chi connectivity index (χ1n) is 11.1. The molecule has 2 N–H and O–H groups in total. The molecule has 1 atom stereocenters. The zero-order valence-corrected chi connectivity index (χ0v) is 19.7. The van der Waals surface area contributed by atoms with Gasteiger partial charge in [0.15, 0.2) is 5.11 Å². The van der Waals surface area contributed by atoms with Crippen LogP contribution in [0.4, 0.5) is 11.4 Å². The molecule has 0 bridgehead atoms. The van der Waals surface area contributed by atoms with Crippen LogP contribution in [0.1, 0.15) is 61.1 Å². The van der Waals surface area contributed by atoms with Gasteiger partial charge in [-0.15, -0.1) is 0 Å². The second-order valence-corrected chi connectivity index (χ2v) is 8.69. The number of carbonyl (C=O) groups is 1. The van der Waals surface area contributed by atoms with Crippen LogP contribution in [-0.4, -0.2) is 30.8 Å². The molecule has 166 valence electrons. The molecule has 0 amide bonds. The highest BCUT2D eigenvalue weighted by molar-refractivity contribution is 7.80. The van der Waals surface area contributed by atoms with E-state index in [0.717, 1.165) is 30.3 Å². The zero-order valence-electron chi connectivity index (χ0n) is 18.9. The van der Waals surface area contributed by atoms with E-state index in [9.17, 15) is 4.79 Å². The van der Waals surface area contributed by atoms with Crippen molar-refractivity contribution >= 4 is 34.7 Å². The predicted octanol–water partition coefficient (Wildman–Crippen LogP) is 5.46. The van der Waals surface area contributed by atoms with E-state index in [2.05, 4.69) is 53.6 Å². The van der Waals surface area contributed by atoms with Crippen LogP contribution in [0.15, 0.2) is 42.5 Å². The van der Waals surface area contributed by atoms with Gasteiger partial charge in [0.25, 0.3) is 0 Å². The van der Waals surface area contributed by atoms with Crippen LogP contribution < -0.4 is 15.5 Å². The Hall–Kier alpha value is -2.60. The molecule has 2 aromatic carbocycles. The van der Waals surface area contributed by atoms with Crippen molar-refractivity contribution in [1.82, 2.24) is 5.32 Å². The predicted molar refractivity (Wildman–Crippen MR) is 132 cm³/mol. The Morgan fingerprint density at radius 3 is 2.52 bits per heavy atom. The highest BCUT2D eigenvalue weighted by Gasteiger charge is 2.17. The molecule has 1 fully saturated rings. The molecule has 3 rings (SSSR count). The molecule has 1 aliphatic rings. The van der Waals surface area contributed by atoms with Crippen LogP contribution in [-0.2, 0) is 4.74 Å². The van der Waals surface area contributed by atoms with Crippen LogP contribution >= 0.6 is 12.2 Å². The van der Waals surface area contributed by atoms with Gasteiger partial charge in [-0.05, 0) is 87.1 Å². The lowest BCUT2D eigenvalue weighted by atomic mass is 9.98. The lowest BCUT2D eigenvalue weighted by Crippen LogP contribution is -2.33. The van der Waals surface area contributed by atoms with E-state index in [-0.39, 0.29) is 12.0 Å². The van der Waals surface area contributed by atoms with Crippen molar-refractivity contribution in [2.24, 2.45) is 5.92 Å². The van der Waals surface area contributed by atoms with Crippen molar-refractivity contribution in [2.45, 2.75) is 46.6 Å². The maximum absolute atomic E-state index is 12.1. The summed E-state index contributed by atoms with van der Waals surface area (Å²) in [5, 5.41) is 7.08. The fourth-order valence-corrected chi connectivity index (χ4v) is 4.17. The molecule has 0 radical (unpaired) electrons. The number of nitrogens with one attached hydrogen (secondary N) is 2. The molecular weight excluding hydrogens is 406 g/mol. The van der Waals surface area contributed by atoms with Crippen LogP contribution in [0.25, 0.3) is 0 Å². The van der Waals surface area contributed by atoms with E-state index in [4.69, 9.17) is 17.0 Å². The van der Waals surface area contributed by atoms with Crippen molar-refractivity contribution < 1.29 is 9.53 Å². The number of hydrogen-bond donors (Lipinski definition) is 2. The highest BCUT2D eigenvalue weighted by atomic mass is 32.1. The molecule has 0 aromatic heterocycles. The molecule has 0 aliphatic carbocycles. The molecule has 1 heterocycles. The Kier molecular flexibility index (Phi) is 7.91. The van der Waals surface area contributed by atoms with Crippen molar-refractivity contribution in [3.63, 3.8) is 0 Å². The van der Waals surface area contributed by atoms with Crippen LogP contribution in [0.3, 0.4) is 0 Å². The number of thiocarbonyl (C=S) groups is 1. The van der Waals surface area contributed by atoms with Crippen molar-refractivity contribution in [3.05, 3.63) is 59.2 Å². The average Bonchev–Trinajstić information content (AvgIpc) is 2.76. The van der Waals surface area contributed by atoms with E-state index in [1.807, 2.05) is 19.1 Å². The minimum Gasteiger partial charge on any atom is -0.462 e. The minimum atomic E-state index is -0.320. The second kappa shape index (κ2) is 10.6. The first-order valence-corrected chi connectivity index (χ1v) is 11.5. The summed E-state index contributed by atoms with van der Waals surface area (Å²) in [6, 6.07) is 14.3. The van der Waals surface area contributed by atoms with Gasteiger partial charge in [-0.1, -0.05) is 25.1 Å². The summed E-state index contributed by atoms with van der Waals surface area (Å²) >= 11 is 5.52. The first-order chi connectivity index (χ1) is 14.9. The minimum absolute atomic E-state index is 0.0592. The van der Waals surface area contributed by atoms with E-state index >= 15 is 0 Å². The average molecular weight is 440 g/mol. The third-order valence-corrected chi connectivity index (χ3v) is 6.19. The Bertz CT molecular complexity index is 905. The normalized spacial score (nSPS) is 15.3. The number of ether oxygens (including phenoxy) is 1. The number of benzene rings is 2. The van der Waals surface area contributed by atoms with E-state index in [1.165, 1.54) is 24.1 Å². The number of hydrogen-bond acceptors (Lipinski definition) is 4. The standard InChI is InChI=1S/C25H33N3O2S/c1-5-30-24(29)22-7-6-8-23(18(22)3)27-25(31)26-19(4)20-9-11-21(12-10-20)28-15-13-17(2)14-16-28/h6-12,17,19H,5,13-16H2,1-4H3,(H2,26,27,31)/t19-/m1/s1. The van der Waals surface area contributed by atoms with E-state index < -0.39 is 0 Å². The summed E-state index contributed by atoms with van der Waals surface area (Å²) in [4.78, 5) is 14.6. The largest absolute Gasteiger partial charge is 0.462 e. The van der Waals surface area contributed by atoms with Crippen LogP contribution in [0, 0.1) is 12.8 Å². The first kappa shape index (κ1) is 23.1. The van der Waals surface area contributed by atoms with Gasteiger partial charge in [-0.2, -0.15) is 0 Å². The number of anilines is 2. The maximum Gasteiger partial charge on any atom is 0.338 e. The zero-order chi connectivity index (χ0) is 22.4. The second-order valence-electron chi connectivity index (χ2n) is 8.28. The van der Waals surface area contributed by atoms with Gasteiger partial charge >= 0.3 is 5.97 Å². The van der Waals surface area contributed by atoms with Crippen molar-refractivity contribution in [3.8, 4) is 0 Å². The monoisotopic (exact) mass is 439 g/mol. The van der Waals surface area contributed by atoms with Crippen LogP contribution in [0.2, 0.25) is 0 Å². The molecule has 0 spiro atoms. The fourth-order valence-electron chi connectivity index (χ4n) is 3.88. The van der Waals surface area contributed by atoms with Gasteiger partial charge in [-0.3, -0.25) is 0 Å². The molecule has 31 heavy (non-hydrogen) atoms. The van der Waals surface area contributed by atoms with Gasteiger partial charge in [-0.25, -0.2) is 4.79 Å². The molecular formula is C25H33N3O2S. The maximum atomic E-state index is 12.1. The Morgan fingerprint density at radius 1 is 1.19 bits per heavy atom. The summed E-state index contributed by atoms with van der Waals surface area (Å²) < 4.78 is 5.13. The van der Waals surface area contributed by atoms with Crippen molar-refractivity contribution in [1.29, 1.82) is 0 Å². The molecule has 2 aromatic rings. The van der Waals surface area contributed by atoms with Gasteiger partial charge < -0.3 is 20.3 Å². The molecule has 1 saturated heterocycles. The lowest BCUT2D eigenvalue weighted by Gasteiger charge is -2.32. The Morgan fingerprint density at radius 2 is 1.87 bits per heavy atom. The van der Waals surface area contributed by atoms with Gasteiger partial charge in [0.05, 0.1) is 18.2 Å². The number of carbonyl (C=O) groups excluding carboxylic acids is 1. The quantitative estimate of drug-likeness (QED) is 0.461. The summed E-state index contributed by atoms with van der Waals surface area (Å²) in [6.45, 7) is 10.7. The lowest BCUT2D eigenvalue weighted by molar-refractivity contribution is 0.0525. The number of nitrogens with zero attached hydrogens (tertiary/aromatic N) is 1. The van der Waals surface area contributed by atoms with E-state index in [0.29, 0.717) is 17.3 Å². The highest BCUT2D eigenvalue weighted by Crippen LogP contribution is 2.25. The fraction of sp³-hybridized carbons (Fsp3) is 0.440. The van der Waals surface area contributed by atoms with Gasteiger partial charge in [0.1, 0.15) is 0 Å². The summed E-state index contributed by atoms with van der Waals surface area (Å²) in [7, 11) is 0. The molecule has 0 unspecified atom stereocenters. The van der Waals surface area contributed by atoms with Crippen LogP contribution in [0.5, 0.6) is 0 Å². The topological polar surface area (TPSA) is 53.6 Å². The third-order valence-electron chi connectivity index (χ3n) is 5.97. The number of esters is 1. The van der Waals surface area contributed by atoms with Gasteiger partial charge in [0, 0.05) is 24.5 Å².